The van der Waals surface area contributed by atoms with Gasteiger partial charge >= 0.3 is 29.8 Å². The van der Waals surface area contributed by atoms with Crippen molar-refractivity contribution in [3.05, 3.63) is 0 Å². The van der Waals surface area contributed by atoms with Crippen LogP contribution in [0.25, 0.3) is 0 Å². The topological polar surface area (TPSA) is 303 Å². The Morgan fingerprint density at radius 3 is 1.12 bits per heavy atom. The first-order chi connectivity index (χ1) is 15.5. The number of carboxylic acids is 5. The number of hydrogen-bond acceptors (Lipinski definition) is 10. The summed E-state index contributed by atoms with van der Waals surface area (Å²) in [6, 6.07) is -1.69. The molecule has 0 spiro atoms. The van der Waals surface area contributed by atoms with E-state index >= 15 is 0 Å². The maximum Gasteiger partial charge on any atom is 0.320 e. The van der Waals surface area contributed by atoms with Crippen molar-refractivity contribution in [2.45, 2.75) is 58.7 Å². The summed E-state index contributed by atoms with van der Waals surface area (Å²) in [6.45, 7) is 7.41. The number of aliphatic carboxylic acids is 5. The van der Waals surface area contributed by atoms with Crippen LogP contribution in [0, 0.1) is 11.8 Å². The Morgan fingerprint density at radius 2 is 1.06 bits per heavy atom. The normalized spacial score (nSPS) is 15.4. The van der Waals surface area contributed by atoms with Crippen LogP contribution in [0.2, 0.25) is 0 Å². The van der Waals surface area contributed by atoms with Crippen LogP contribution in [-0.2, 0) is 24.0 Å². The van der Waals surface area contributed by atoms with Crippen LogP contribution in [0.15, 0.2) is 0 Å². The zero-order valence-corrected chi connectivity index (χ0v) is 20.0. The van der Waals surface area contributed by atoms with Crippen LogP contribution in [-0.4, -0.2) is 93.1 Å². The average molecular weight is 500 g/mol. The van der Waals surface area contributed by atoms with E-state index in [1.807, 2.05) is 0 Å². The molecule has 0 aliphatic carbocycles. The fourth-order valence-electron chi connectivity index (χ4n) is 1.47. The Balaban J connectivity index is -0.000000168. The third kappa shape index (κ3) is 29.1. The van der Waals surface area contributed by atoms with Crippen molar-refractivity contribution in [2.75, 3.05) is 19.6 Å². The molecule has 0 saturated carbocycles. The van der Waals surface area contributed by atoms with Crippen LogP contribution in [0.3, 0.4) is 0 Å². The summed E-state index contributed by atoms with van der Waals surface area (Å²) in [5.74, 6) is -4.47. The first kappa shape index (κ1) is 38.4. The van der Waals surface area contributed by atoms with E-state index in [0.29, 0.717) is 0 Å². The zero-order chi connectivity index (χ0) is 28.0. The molecule has 0 bridgehead atoms. The number of hydrogen-bond donors (Lipinski definition) is 10. The molecule has 1 aliphatic rings. The first-order valence-electron chi connectivity index (χ1n) is 10.2. The van der Waals surface area contributed by atoms with Gasteiger partial charge in [0.25, 0.3) is 0 Å². The predicted octanol–water partition coefficient (Wildman–Crippen LogP) is -2.01. The smallest absolute Gasteiger partial charge is 0.320 e. The SMILES string of the molecule is CC(C)[C@H](N)C(=O)O.CC(C)[C@H](N)C(=O)O.NCC(=O)O.NCC(=O)O.O=C(O)[C@@H]1CCCN1. The number of carbonyl (C=O) groups is 5. The predicted molar refractivity (Wildman–Crippen MR) is 123 cm³/mol. The summed E-state index contributed by atoms with van der Waals surface area (Å²) in [5, 5.41) is 42.9. The van der Waals surface area contributed by atoms with Gasteiger partial charge in [0.2, 0.25) is 0 Å². The van der Waals surface area contributed by atoms with Gasteiger partial charge in [-0.3, -0.25) is 24.0 Å². The third-order valence-corrected chi connectivity index (χ3v) is 3.71. The molecule has 1 saturated heterocycles. The molecule has 0 amide bonds. The molecule has 0 aromatic heterocycles. The van der Waals surface area contributed by atoms with E-state index in [2.05, 4.69) is 16.8 Å². The number of nitrogens with two attached hydrogens (primary N) is 4. The molecule has 1 heterocycles. The van der Waals surface area contributed by atoms with E-state index in [9.17, 15) is 24.0 Å². The summed E-state index contributed by atoms with van der Waals surface area (Å²) < 4.78 is 0. The van der Waals surface area contributed by atoms with Gasteiger partial charge in [-0.05, 0) is 31.2 Å². The largest absolute Gasteiger partial charge is 0.480 e. The molecular formula is C19H41N5O10. The first-order valence-corrected chi connectivity index (χ1v) is 10.2. The molecule has 1 aliphatic heterocycles. The van der Waals surface area contributed by atoms with Crippen molar-refractivity contribution in [2.24, 2.45) is 34.8 Å². The monoisotopic (exact) mass is 499 g/mol. The van der Waals surface area contributed by atoms with Crippen LogP contribution >= 0.6 is 0 Å². The van der Waals surface area contributed by atoms with Crippen molar-refractivity contribution in [1.29, 1.82) is 0 Å². The molecule has 34 heavy (non-hydrogen) atoms. The van der Waals surface area contributed by atoms with Gasteiger partial charge in [0.15, 0.2) is 0 Å². The fourth-order valence-corrected chi connectivity index (χ4v) is 1.47. The van der Waals surface area contributed by atoms with E-state index in [1.54, 1.807) is 27.7 Å². The third-order valence-electron chi connectivity index (χ3n) is 3.71. The Morgan fingerprint density at radius 1 is 0.765 bits per heavy atom. The Hall–Kier alpha value is -2.85. The lowest BCUT2D eigenvalue weighted by molar-refractivity contribution is -0.140. The van der Waals surface area contributed by atoms with E-state index < -0.39 is 41.9 Å². The van der Waals surface area contributed by atoms with Crippen LogP contribution in [0.5, 0.6) is 0 Å². The number of carboxylic acid groups (broad SMARTS) is 5. The van der Waals surface area contributed by atoms with Crippen LogP contribution in [0.4, 0.5) is 0 Å². The quantitative estimate of drug-likeness (QED) is 0.181. The average Bonchev–Trinajstić information content (AvgIpc) is 3.29. The van der Waals surface area contributed by atoms with Gasteiger partial charge in [-0.1, -0.05) is 27.7 Å². The molecular weight excluding hydrogens is 458 g/mol. The Bertz CT molecular complexity index is 541. The molecule has 14 N–H and O–H groups in total. The second-order valence-corrected chi connectivity index (χ2v) is 7.40. The van der Waals surface area contributed by atoms with Crippen LogP contribution < -0.4 is 28.3 Å². The molecule has 0 radical (unpaired) electrons. The van der Waals surface area contributed by atoms with E-state index in [4.69, 9.17) is 37.0 Å². The fraction of sp³-hybridized carbons (Fsp3) is 0.737. The van der Waals surface area contributed by atoms with Crippen molar-refractivity contribution < 1.29 is 49.5 Å². The highest BCUT2D eigenvalue weighted by molar-refractivity contribution is 5.74. The minimum Gasteiger partial charge on any atom is -0.480 e. The van der Waals surface area contributed by atoms with Gasteiger partial charge in [-0.2, -0.15) is 0 Å². The van der Waals surface area contributed by atoms with E-state index in [-0.39, 0.29) is 31.0 Å². The van der Waals surface area contributed by atoms with Gasteiger partial charge in [0, 0.05) is 0 Å². The maximum atomic E-state index is 10.1. The van der Waals surface area contributed by atoms with Crippen molar-refractivity contribution in [1.82, 2.24) is 5.32 Å². The molecule has 0 aromatic rings. The summed E-state index contributed by atoms with van der Waals surface area (Å²) in [4.78, 5) is 48.7. The highest BCUT2D eigenvalue weighted by atomic mass is 16.4. The zero-order valence-electron chi connectivity index (χ0n) is 20.0. The van der Waals surface area contributed by atoms with E-state index in [1.165, 1.54) is 0 Å². The van der Waals surface area contributed by atoms with Crippen molar-refractivity contribution in [3.8, 4) is 0 Å². The highest BCUT2D eigenvalue weighted by Crippen LogP contribution is 2.03. The minimum absolute atomic E-state index is 0.0208. The lowest BCUT2D eigenvalue weighted by Gasteiger charge is -2.07. The number of rotatable bonds is 7. The van der Waals surface area contributed by atoms with Gasteiger partial charge < -0.3 is 53.8 Å². The van der Waals surface area contributed by atoms with Gasteiger partial charge in [0.1, 0.15) is 18.1 Å². The Kier molecular flexibility index (Phi) is 26.3. The summed E-state index contributed by atoms with van der Waals surface area (Å²) >= 11 is 0. The molecule has 1 rings (SSSR count). The standard InChI is InChI=1S/C5H9NO2.2C5H11NO2.2C2H5NO2/c7-5(8)4-2-1-3-6-4;2*1-3(2)4(6)5(7)8;2*3-1-2(4)5/h4,6H,1-3H2,(H,7,8);2*3-4H,6H2,1-2H3,(H,7,8);2*1,3H2,(H,4,5)/t3*4-;;/m000../s1. The summed E-state index contributed by atoms with van der Waals surface area (Å²) in [5.41, 5.74) is 19.5. The van der Waals surface area contributed by atoms with Crippen molar-refractivity contribution in [3.63, 3.8) is 0 Å². The molecule has 0 aromatic carbocycles. The molecule has 0 unspecified atom stereocenters. The minimum atomic E-state index is -0.968. The summed E-state index contributed by atoms with van der Waals surface area (Å²) in [6.07, 6.45) is 1.78. The second kappa shape index (κ2) is 23.3. The molecule has 15 heteroatoms. The van der Waals surface area contributed by atoms with Crippen LogP contribution in [0.1, 0.15) is 40.5 Å². The van der Waals surface area contributed by atoms with Gasteiger partial charge in [0.05, 0.1) is 13.1 Å². The molecule has 3 atom stereocenters. The van der Waals surface area contributed by atoms with Gasteiger partial charge in [-0.15, -0.1) is 0 Å². The summed E-state index contributed by atoms with van der Waals surface area (Å²) in [7, 11) is 0. The lowest BCUT2D eigenvalue weighted by Crippen LogP contribution is -2.34. The van der Waals surface area contributed by atoms with E-state index in [0.717, 1.165) is 19.4 Å². The molecule has 15 nitrogen and oxygen atoms in total. The lowest BCUT2D eigenvalue weighted by atomic mass is 10.1. The highest BCUT2D eigenvalue weighted by Gasteiger charge is 2.20. The Labute approximate surface area is 198 Å². The molecule has 202 valence electrons. The number of nitrogens with one attached hydrogen (secondary N) is 1. The molecule has 1 fully saturated rings. The van der Waals surface area contributed by atoms with Gasteiger partial charge in [-0.25, -0.2) is 0 Å². The second-order valence-electron chi connectivity index (χ2n) is 7.40. The maximum absolute atomic E-state index is 10.1. The van der Waals surface area contributed by atoms with Crippen molar-refractivity contribution >= 4 is 29.8 Å².